The number of nitrogens with two attached hydrogens (primary N) is 6. The maximum absolute atomic E-state index is 5.89. The Labute approximate surface area is 403 Å². The van der Waals surface area contributed by atoms with Crippen molar-refractivity contribution in [2.75, 3.05) is 72.3 Å². The molecule has 4 aromatic rings. The molecule has 20 heteroatoms. The molecule has 0 aliphatic heterocycles. The van der Waals surface area contributed by atoms with Gasteiger partial charge < -0.3 is 65.5 Å². The Balaban J connectivity index is 0.000000454. The van der Waals surface area contributed by atoms with Gasteiger partial charge in [-0.25, -0.2) is 4.99 Å². The van der Waals surface area contributed by atoms with Crippen LogP contribution >= 0.6 is 0 Å². The highest BCUT2D eigenvalue weighted by atomic mass is 15.3. The van der Waals surface area contributed by atoms with Gasteiger partial charge in [0.1, 0.15) is 0 Å². The van der Waals surface area contributed by atoms with E-state index < -0.39 is 0 Å². The van der Waals surface area contributed by atoms with E-state index in [-0.39, 0.29) is 17.9 Å². The molecule has 0 unspecified atom stereocenters. The molecule has 20 nitrogen and oxygen atoms in total. The molecule has 0 aromatic heterocycles. The minimum atomic E-state index is 0.149. The fourth-order valence-electron chi connectivity index (χ4n) is 5.80. The number of benzene rings is 4. The van der Waals surface area contributed by atoms with Crippen molar-refractivity contribution in [3.8, 4) is 0 Å². The number of nitrogens with zero attached hydrogens (tertiary/aromatic N) is 10. The summed E-state index contributed by atoms with van der Waals surface area (Å²) in [4.78, 5) is 35.7. The van der Waals surface area contributed by atoms with Crippen LogP contribution in [-0.2, 0) is 0 Å². The maximum atomic E-state index is 5.89. The average molecular weight is 933 g/mol. The summed E-state index contributed by atoms with van der Waals surface area (Å²) in [6.07, 6.45) is 0. The number of aliphatic imine (C=N–C) groups is 8. The second-order valence-electron chi connectivity index (χ2n) is 15.5. The van der Waals surface area contributed by atoms with Crippen LogP contribution in [0.5, 0.6) is 0 Å². The summed E-state index contributed by atoms with van der Waals surface area (Å²) in [5.41, 5.74) is 46.9. The topological polar surface area (TPSA) is 310 Å². The van der Waals surface area contributed by atoms with Crippen LogP contribution in [-0.4, -0.2) is 114 Å². The Kier molecular flexibility index (Phi) is 25.0. The minimum Gasteiger partial charge on any atom is -0.369 e. The molecule has 0 bridgehead atoms. The van der Waals surface area contributed by atoms with Gasteiger partial charge in [0.05, 0.1) is 5.69 Å². The van der Waals surface area contributed by atoms with Crippen LogP contribution < -0.4 is 55.7 Å². The van der Waals surface area contributed by atoms with Crippen molar-refractivity contribution >= 4 is 70.4 Å². The van der Waals surface area contributed by atoms with Crippen LogP contribution in [0.1, 0.15) is 44.5 Å². The number of aryl methyl sites for hydroxylation is 8. The van der Waals surface area contributed by atoms with E-state index in [0.29, 0.717) is 29.8 Å². The van der Waals surface area contributed by atoms with Crippen molar-refractivity contribution < 1.29 is 0 Å². The highest BCUT2D eigenvalue weighted by Crippen LogP contribution is 2.23. The Hall–Kier alpha value is -8.16. The zero-order valence-electron chi connectivity index (χ0n) is 42.9. The van der Waals surface area contributed by atoms with Gasteiger partial charge in [-0.2, -0.15) is 20.0 Å². The summed E-state index contributed by atoms with van der Waals surface area (Å²) >= 11 is 0. The van der Waals surface area contributed by atoms with Gasteiger partial charge in [0.15, 0.2) is 5.96 Å². The van der Waals surface area contributed by atoms with Crippen LogP contribution in [0, 0.1) is 55.4 Å². The van der Waals surface area contributed by atoms with Gasteiger partial charge in [0.2, 0.25) is 41.7 Å². The molecular weight excluding hydrogens is 857 g/mol. The highest BCUT2D eigenvalue weighted by molar-refractivity contribution is 6.03. The molecule has 0 spiro atoms. The number of rotatable bonds is 4. The first-order chi connectivity index (χ1) is 32.0. The molecule has 0 saturated carbocycles. The molecule has 4 rings (SSSR count). The lowest BCUT2D eigenvalue weighted by atomic mass is 10.1. The fourth-order valence-corrected chi connectivity index (χ4v) is 5.80. The third-order valence-corrected chi connectivity index (χ3v) is 9.50. The Morgan fingerprint density at radius 1 is 0.426 bits per heavy atom. The predicted molar refractivity (Wildman–Crippen MR) is 293 cm³/mol. The Morgan fingerprint density at radius 3 is 1.09 bits per heavy atom. The lowest BCUT2D eigenvalue weighted by Gasteiger charge is -2.14. The summed E-state index contributed by atoms with van der Waals surface area (Å²) in [5.74, 6) is 2.59. The molecule has 0 aliphatic carbocycles. The van der Waals surface area contributed by atoms with Crippen molar-refractivity contribution in [1.82, 2.24) is 15.1 Å². The van der Waals surface area contributed by atoms with E-state index >= 15 is 0 Å². The molecule has 0 amide bonds. The summed E-state index contributed by atoms with van der Waals surface area (Å²) < 4.78 is 0. The van der Waals surface area contributed by atoms with E-state index in [1.807, 2.05) is 142 Å². The zero-order valence-corrected chi connectivity index (χ0v) is 42.9. The van der Waals surface area contributed by atoms with Gasteiger partial charge in [-0.05, 0) is 99.9 Å². The van der Waals surface area contributed by atoms with Crippen molar-refractivity contribution in [2.24, 2.45) is 74.3 Å². The van der Waals surface area contributed by atoms with Crippen LogP contribution in [0.25, 0.3) is 0 Å². The first-order valence-corrected chi connectivity index (χ1v) is 21.4. The van der Waals surface area contributed by atoms with Gasteiger partial charge >= 0.3 is 0 Å². The van der Waals surface area contributed by atoms with E-state index in [1.54, 1.807) is 52.1 Å². The molecule has 68 heavy (non-hydrogen) atoms. The normalized spacial score (nSPS) is 12.6. The number of nitrogens with one attached hydrogen (secondary N) is 4. The maximum Gasteiger partial charge on any atom is 0.223 e. The number of hydrogen-bond acceptors (Lipinski definition) is 4. The van der Waals surface area contributed by atoms with Gasteiger partial charge in [0, 0.05) is 73.4 Å². The fraction of sp³-hybridized carbons (Fsp3) is 0.333. The van der Waals surface area contributed by atoms with Crippen LogP contribution in [0.3, 0.4) is 0 Å². The first-order valence-electron chi connectivity index (χ1n) is 21.4. The van der Waals surface area contributed by atoms with Gasteiger partial charge in [-0.3, -0.25) is 15.0 Å². The van der Waals surface area contributed by atoms with Gasteiger partial charge in [-0.1, -0.05) is 72.8 Å². The molecule has 0 radical (unpaired) electrons. The molecule has 0 fully saturated rings. The molecule has 368 valence electrons. The highest BCUT2D eigenvalue weighted by Gasteiger charge is 2.07. The largest absolute Gasteiger partial charge is 0.369 e. The zero-order chi connectivity index (χ0) is 51.7. The summed E-state index contributed by atoms with van der Waals surface area (Å²) in [7, 11) is 14.0. The summed E-state index contributed by atoms with van der Waals surface area (Å²) in [6, 6.07) is 24.1. The Morgan fingerprint density at radius 2 is 0.779 bits per heavy atom. The molecule has 4 aromatic carbocycles. The quantitative estimate of drug-likeness (QED) is 0.0964. The monoisotopic (exact) mass is 933 g/mol. The van der Waals surface area contributed by atoms with E-state index in [4.69, 9.17) is 34.4 Å². The second-order valence-corrected chi connectivity index (χ2v) is 15.5. The number of para-hydroxylation sites is 4. The molecule has 0 heterocycles. The Bertz CT molecular complexity index is 2430. The SMILES string of the molecule is CN=C(N)N=C(N)Nc1c(C)cccc1C.CN=C(N=C(N)Nc1c(C)cccc1C)N(C)C.CN=C(N=C(N)Nc1c(C)cccc1C)NC.Cc1cccc(C)c1N=C(N)N=C(N)N(C)C. The molecule has 0 aliphatic rings. The van der Waals surface area contributed by atoms with Gasteiger partial charge in [-0.15, -0.1) is 0 Å². The first kappa shape index (κ1) is 57.9. The lowest BCUT2D eigenvalue weighted by Crippen LogP contribution is -2.32. The number of anilines is 3. The van der Waals surface area contributed by atoms with Gasteiger partial charge in [0.25, 0.3) is 0 Å². The van der Waals surface area contributed by atoms with Crippen molar-refractivity contribution in [2.45, 2.75) is 55.4 Å². The minimum absolute atomic E-state index is 0.149. The second kappa shape index (κ2) is 29.4. The molecule has 0 atom stereocenters. The van der Waals surface area contributed by atoms with Crippen LogP contribution in [0.15, 0.2) is 113 Å². The number of hydrogen-bond donors (Lipinski definition) is 10. The van der Waals surface area contributed by atoms with Crippen LogP contribution in [0.4, 0.5) is 22.7 Å². The summed E-state index contributed by atoms with van der Waals surface area (Å²) in [6.45, 7) is 16.1. The standard InChI is InChI=1S/C13H21N5.2C12H19N5.C11H17N5/c1-9-7-6-8-10(2)11(9)16-12(14)17-13(15-3)18(4)5;1-8-6-5-7-9(2)10(8)15-11(13)16-12(14)17(3)4;1-8-6-5-7-9(2)10(8)16-11(13)17-12(14-3)15-4;1-7-5-4-6-8(2)9(7)15-11(13)16-10(12)14-3/h6-8H,1-5H3,(H3,14,15,16,17);5-7H,1-4H3,(H4,13,14,15,16);5-7H,1-4H3,(H4,13,14,15,16,17);4-6H,1-3H3,(H5,12,13,14,15,16). The number of guanidine groups is 8. The van der Waals surface area contributed by atoms with E-state index in [1.165, 1.54) is 0 Å². The lowest BCUT2D eigenvalue weighted by molar-refractivity contribution is 0.613. The third kappa shape index (κ3) is 20.3. The van der Waals surface area contributed by atoms with Crippen LogP contribution in [0.2, 0.25) is 0 Å². The average Bonchev–Trinajstić information content (AvgIpc) is 3.27. The van der Waals surface area contributed by atoms with E-state index in [0.717, 1.165) is 67.3 Å². The third-order valence-electron chi connectivity index (χ3n) is 9.50. The molecule has 16 N–H and O–H groups in total. The predicted octanol–water partition coefficient (Wildman–Crippen LogP) is 4.91. The van der Waals surface area contributed by atoms with E-state index in [2.05, 4.69) is 61.2 Å². The van der Waals surface area contributed by atoms with Crippen molar-refractivity contribution in [3.05, 3.63) is 117 Å². The van der Waals surface area contributed by atoms with E-state index in [9.17, 15) is 0 Å². The molecule has 0 saturated heterocycles. The summed E-state index contributed by atoms with van der Waals surface area (Å²) in [5, 5.41) is 12.1. The smallest absolute Gasteiger partial charge is 0.223 e. The van der Waals surface area contributed by atoms with Crippen molar-refractivity contribution in [1.29, 1.82) is 0 Å². The van der Waals surface area contributed by atoms with Crippen molar-refractivity contribution in [3.63, 3.8) is 0 Å². The molecular formula is C48H76N20.